The van der Waals surface area contributed by atoms with E-state index in [2.05, 4.69) is 25.2 Å². The quantitative estimate of drug-likeness (QED) is 0.577. The van der Waals surface area contributed by atoms with Crippen molar-refractivity contribution in [1.29, 1.82) is 0 Å². The zero-order chi connectivity index (χ0) is 13.5. The summed E-state index contributed by atoms with van der Waals surface area (Å²) in [6.07, 6.45) is 14.0. The third-order valence-electron chi connectivity index (χ3n) is 4.55. The second-order valence-corrected chi connectivity index (χ2v) is 6.32. The maximum Gasteiger partial charge on any atom is 0.0763 e. The van der Waals surface area contributed by atoms with E-state index in [0.29, 0.717) is 12.2 Å². The van der Waals surface area contributed by atoms with Gasteiger partial charge in [0.05, 0.1) is 12.2 Å². The standard InChI is InChI=1S/C17H31NO/c1-3-11-18-13-16(15-7-5-4-6-8-15)12-17-10-9-14(2)19-17/h12,14-15,17-18H,3-11,13H2,1-2H3. The van der Waals surface area contributed by atoms with Gasteiger partial charge in [-0.25, -0.2) is 0 Å². The van der Waals surface area contributed by atoms with Crippen molar-refractivity contribution in [3.05, 3.63) is 11.6 Å². The van der Waals surface area contributed by atoms with Crippen LogP contribution in [0.15, 0.2) is 11.6 Å². The fourth-order valence-corrected chi connectivity index (χ4v) is 3.42. The molecule has 2 rings (SSSR count). The van der Waals surface area contributed by atoms with E-state index in [-0.39, 0.29) is 0 Å². The molecule has 0 spiro atoms. The molecular formula is C17H31NO. The molecular weight excluding hydrogens is 234 g/mol. The normalized spacial score (nSPS) is 29.9. The van der Waals surface area contributed by atoms with Crippen molar-refractivity contribution < 1.29 is 4.74 Å². The molecule has 1 aliphatic heterocycles. The molecule has 1 aliphatic carbocycles. The number of hydrogen-bond acceptors (Lipinski definition) is 2. The van der Waals surface area contributed by atoms with Gasteiger partial charge in [0.25, 0.3) is 0 Å². The van der Waals surface area contributed by atoms with Crippen LogP contribution in [0, 0.1) is 5.92 Å². The van der Waals surface area contributed by atoms with E-state index in [0.717, 1.165) is 19.0 Å². The summed E-state index contributed by atoms with van der Waals surface area (Å²) in [6.45, 7) is 6.64. The molecule has 0 bridgehead atoms. The Hall–Kier alpha value is -0.340. The minimum atomic E-state index is 0.385. The van der Waals surface area contributed by atoms with Gasteiger partial charge < -0.3 is 10.1 Å². The number of hydrogen-bond donors (Lipinski definition) is 1. The first-order chi connectivity index (χ1) is 9.29. The molecule has 1 saturated heterocycles. The second kappa shape index (κ2) is 8.06. The van der Waals surface area contributed by atoms with Crippen LogP contribution >= 0.6 is 0 Å². The Bertz CT molecular complexity index is 281. The van der Waals surface area contributed by atoms with Crippen LogP contribution in [0.3, 0.4) is 0 Å². The van der Waals surface area contributed by atoms with E-state index >= 15 is 0 Å². The van der Waals surface area contributed by atoms with Gasteiger partial charge in [0, 0.05) is 6.54 Å². The molecule has 1 heterocycles. The Morgan fingerprint density at radius 3 is 2.58 bits per heavy atom. The second-order valence-electron chi connectivity index (χ2n) is 6.32. The van der Waals surface area contributed by atoms with Gasteiger partial charge in [-0.05, 0) is 51.5 Å². The first-order valence-electron chi connectivity index (χ1n) is 8.36. The lowest BCUT2D eigenvalue weighted by atomic mass is 9.83. The molecule has 2 atom stereocenters. The van der Waals surface area contributed by atoms with E-state index in [1.165, 1.54) is 51.4 Å². The summed E-state index contributed by atoms with van der Waals surface area (Å²) in [5.41, 5.74) is 1.63. The highest BCUT2D eigenvalue weighted by atomic mass is 16.5. The Morgan fingerprint density at radius 2 is 1.95 bits per heavy atom. The predicted molar refractivity (Wildman–Crippen MR) is 81.4 cm³/mol. The van der Waals surface area contributed by atoms with Crippen LogP contribution in [0.2, 0.25) is 0 Å². The topological polar surface area (TPSA) is 21.3 Å². The minimum Gasteiger partial charge on any atom is -0.371 e. The van der Waals surface area contributed by atoms with E-state index in [1.54, 1.807) is 5.57 Å². The van der Waals surface area contributed by atoms with E-state index in [9.17, 15) is 0 Å². The maximum atomic E-state index is 5.98. The smallest absolute Gasteiger partial charge is 0.0763 e. The summed E-state index contributed by atoms with van der Waals surface area (Å²) in [5.74, 6) is 0.817. The monoisotopic (exact) mass is 265 g/mol. The molecule has 2 aliphatic rings. The summed E-state index contributed by atoms with van der Waals surface area (Å²) in [5, 5.41) is 3.59. The molecule has 19 heavy (non-hydrogen) atoms. The molecule has 1 N–H and O–H groups in total. The highest BCUT2D eigenvalue weighted by Gasteiger charge is 2.23. The summed E-state index contributed by atoms with van der Waals surface area (Å²) in [6, 6.07) is 0. The molecule has 0 radical (unpaired) electrons. The molecule has 110 valence electrons. The Labute approximate surface area is 119 Å². The first-order valence-corrected chi connectivity index (χ1v) is 8.36. The van der Waals surface area contributed by atoms with Crippen molar-refractivity contribution in [3.63, 3.8) is 0 Å². The fourth-order valence-electron chi connectivity index (χ4n) is 3.42. The zero-order valence-electron chi connectivity index (χ0n) is 12.8. The van der Waals surface area contributed by atoms with Crippen molar-refractivity contribution in [1.82, 2.24) is 5.32 Å². The zero-order valence-corrected chi connectivity index (χ0v) is 12.8. The summed E-state index contributed by atoms with van der Waals surface area (Å²) >= 11 is 0. The van der Waals surface area contributed by atoms with E-state index < -0.39 is 0 Å². The van der Waals surface area contributed by atoms with Gasteiger partial charge in [-0.3, -0.25) is 0 Å². The van der Waals surface area contributed by atoms with Gasteiger partial charge in [-0.2, -0.15) is 0 Å². The van der Waals surface area contributed by atoms with Gasteiger partial charge in [-0.15, -0.1) is 0 Å². The van der Waals surface area contributed by atoms with Crippen molar-refractivity contribution >= 4 is 0 Å². The first kappa shape index (κ1) is 15.1. The van der Waals surface area contributed by atoms with Crippen molar-refractivity contribution in [2.24, 2.45) is 5.92 Å². The maximum absolute atomic E-state index is 5.98. The lowest BCUT2D eigenvalue weighted by Gasteiger charge is -2.26. The molecule has 0 aromatic carbocycles. The lowest BCUT2D eigenvalue weighted by molar-refractivity contribution is 0.0823. The summed E-state index contributed by atoms with van der Waals surface area (Å²) in [7, 11) is 0. The van der Waals surface area contributed by atoms with Crippen molar-refractivity contribution in [3.8, 4) is 0 Å². The van der Waals surface area contributed by atoms with Crippen LogP contribution in [0.4, 0.5) is 0 Å². The largest absolute Gasteiger partial charge is 0.371 e. The Balaban J connectivity index is 1.93. The third-order valence-corrected chi connectivity index (χ3v) is 4.55. The van der Waals surface area contributed by atoms with Crippen LogP contribution in [-0.4, -0.2) is 25.3 Å². The minimum absolute atomic E-state index is 0.385. The van der Waals surface area contributed by atoms with E-state index in [4.69, 9.17) is 4.74 Å². The van der Waals surface area contributed by atoms with Gasteiger partial charge >= 0.3 is 0 Å². The molecule has 0 amide bonds. The van der Waals surface area contributed by atoms with Crippen molar-refractivity contribution in [2.45, 2.75) is 77.4 Å². The van der Waals surface area contributed by atoms with E-state index in [1.807, 2.05) is 0 Å². The van der Waals surface area contributed by atoms with Gasteiger partial charge in [0.2, 0.25) is 0 Å². The molecule has 0 aromatic rings. The van der Waals surface area contributed by atoms with Crippen LogP contribution in [0.25, 0.3) is 0 Å². The molecule has 2 unspecified atom stereocenters. The van der Waals surface area contributed by atoms with Gasteiger partial charge in [0.15, 0.2) is 0 Å². The lowest BCUT2D eigenvalue weighted by Crippen LogP contribution is -2.24. The molecule has 2 nitrogen and oxygen atoms in total. The van der Waals surface area contributed by atoms with Crippen LogP contribution in [0.1, 0.15) is 65.2 Å². The average Bonchev–Trinajstić information content (AvgIpc) is 2.84. The number of rotatable bonds is 6. The molecule has 2 heteroatoms. The molecule has 0 aromatic heterocycles. The fraction of sp³-hybridized carbons (Fsp3) is 0.882. The average molecular weight is 265 g/mol. The van der Waals surface area contributed by atoms with Gasteiger partial charge in [0.1, 0.15) is 0 Å². The van der Waals surface area contributed by atoms with Crippen LogP contribution in [-0.2, 0) is 4.74 Å². The predicted octanol–water partition coefficient (Wildman–Crippen LogP) is 4.06. The highest BCUT2D eigenvalue weighted by molar-refractivity contribution is 5.13. The molecule has 1 saturated carbocycles. The van der Waals surface area contributed by atoms with Crippen LogP contribution in [0.5, 0.6) is 0 Å². The Morgan fingerprint density at radius 1 is 1.16 bits per heavy atom. The highest BCUT2D eigenvalue weighted by Crippen LogP contribution is 2.31. The third kappa shape index (κ3) is 4.92. The van der Waals surface area contributed by atoms with Crippen molar-refractivity contribution in [2.75, 3.05) is 13.1 Å². The SMILES string of the molecule is CCCNCC(=CC1CCC(C)O1)C1CCCCC1. The molecule has 2 fully saturated rings. The van der Waals surface area contributed by atoms with Crippen LogP contribution < -0.4 is 5.32 Å². The van der Waals surface area contributed by atoms with Gasteiger partial charge in [-0.1, -0.05) is 37.8 Å². The summed E-state index contributed by atoms with van der Waals surface area (Å²) < 4.78 is 5.98. The number of ether oxygens (including phenoxy) is 1. The summed E-state index contributed by atoms with van der Waals surface area (Å²) in [4.78, 5) is 0. The number of nitrogens with one attached hydrogen (secondary N) is 1. The Kier molecular flexibility index (Phi) is 6.39.